The van der Waals surface area contributed by atoms with Crippen LogP contribution in [-0.4, -0.2) is 49.6 Å². The number of carbonyl (C=O) groups excluding carboxylic acids is 3. The molecule has 1 saturated heterocycles. The van der Waals surface area contributed by atoms with Crippen molar-refractivity contribution in [1.82, 2.24) is 4.90 Å². The van der Waals surface area contributed by atoms with E-state index in [1.54, 1.807) is 62.8 Å². The lowest BCUT2D eigenvalue weighted by Crippen LogP contribution is -2.48. The third-order valence-corrected chi connectivity index (χ3v) is 5.92. The van der Waals surface area contributed by atoms with Gasteiger partial charge in [-0.1, -0.05) is 30.3 Å². The third-order valence-electron chi connectivity index (χ3n) is 5.92. The van der Waals surface area contributed by atoms with Gasteiger partial charge >= 0.3 is 6.03 Å². The van der Waals surface area contributed by atoms with E-state index in [1.807, 2.05) is 30.3 Å². The topological polar surface area (TPSA) is 88.2 Å². The summed E-state index contributed by atoms with van der Waals surface area (Å²) in [5, 5.41) is 2.84. The van der Waals surface area contributed by atoms with Gasteiger partial charge in [-0.2, -0.15) is 0 Å². The number of amides is 4. The number of rotatable bonds is 8. The van der Waals surface area contributed by atoms with E-state index < -0.39 is 18.0 Å². The third kappa shape index (κ3) is 5.43. The maximum atomic E-state index is 13.4. The van der Waals surface area contributed by atoms with Crippen LogP contribution in [0.5, 0.6) is 11.5 Å². The monoisotopic (exact) mass is 473 g/mol. The van der Waals surface area contributed by atoms with E-state index in [0.717, 1.165) is 10.5 Å². The van der Waals surface area contributed by atoms with E-state index >= 15 is 0 Å². The standard InChI is InChI=1S/C27H27N3O5/c1-34-22-12-8-20(9-13-22)28-27(33)29(17-16-19-6-4-3-5-7-19)24-18-25(31)30(26(24)32)21-10-14-23(35-2)15-11-21/h3-15,24H,16-18H2,1-2H3,(H,28,33)/t24-/m1/s1. The summed E-state index contributed by atoms with van der Waals surface area (Å²) >= 11 is 0. The van der Waals surface area contributed by atoms with Crippen LogP contribution >= 0.6 is 0 Å². The summed E-state index contributed by atoms with van der Waals surface area (Å²) in [4.78, 5) is 42.2. The molecule has 35 heavy (non-hydrogen) atoms. The summed E-state index contributed by atoms with van der Waals surface area (Å²) in [6.07, 6.45) is 0.451. The van der Waals surface area contributed by atoms with Gasteiger partial charge in [0, 0.05) is 12.2 Å². The van der Waals surface area contributed by atoms with Crippen LogP contribution in [0.25, 0.3) is 0 Å². The first-order valence-corrected chi connectivity index (χ1v) is 11.3. The first-order chi connectivity index (χ1) is 17.0. The number of anilines is 2. The Morgan fingerprint density at radius 3 is 2.11 bits per heavy atom. The first-order valence-electron chi connectivity index (χ1n) is 11.3. The Kier molecular flexibility index (Phi) is 7.30. The second kappa shape index (κ2) is 10.7. The van der Waals surface area contributed by atoms with Crippen LogP contribution in [-0.2, 0) is 16.0 Å². The Bertz CT molecular complexity index is 1180. The fraction of sp³-hybridized carbons (Fsp3) is 0.222. The van der Waals surface area contributed by atoms with E-state index in [1.165, 1.54) is 4.90 Å². The largest absolute Gasteiger partial charge is 0.497 e. The summed E-state index contributed by atoms with van der Waals surface area (Å²) in [5.41, 5.74) is 2.03. The van der Waals surface area contributed by atoms with Crippen LogP contribution in [0.4, 0.5) is 16.2 Å². The summed E-state index contributed by atoms with van der Waals surface area (Å²) in [5.74, 6) is 0.494. The Labute approximate surface area is 204 Å². The molecule has 0 spiro atoms. The number of hydrogen-bond donors (Lipinski definition) is 1. The molecule has 180 valence electrons. The summed E-state index contributed by atoms with van der Waals surface area (Å²) in [7, 11) is 3.11. The Hall–Kier alpha value is -4.33. The predicted octanol–water partition coefficient (Wildman–Crippen LogP) is 4.11. The zero-order valence-corrected chi connectivity index (χ0v) is 19.6. The van der Waals surface area contributed by atoms with Crippen LogP contribution in [0.2, 0.25) is 0 Å². The summed E-state index contributed by atoms with van der Waals surface area (Å²) in [6, 6.07) is 21.9. The molecule has 1 aliphatic heterocycles. The molecule has 3 aromatic carbocycles. The minimum absolute atomic E-state index is 0.0876. The number of benzene rings is 3. The molecule has 0 aromatic heterocycles. The van der Waals surface area contributed by atoms with Crippen molar-refractivity contribution in [3.05, 3.63) is 84.4 Å². The SMILES string of the molecule is COc1ccc(NC(=O)N(CCc2ccccc2)[C@@H]2CC(=O)N(c3ccc(OC)cc3)C2=O)cc1. The smallest absolute Gasteiger partial charge is 0.322 e. The van der Waals surface area contributed by atoms with Crippen LogP contribution in [0.1, 0.15) is 12.0 Å². The van der Waals surface area contributed by atoms with Crippen molar-refractivity contribution < 1.29 is 23.9 Å². The first kappa shape index (κ1) is 23.8. The molecule has 0 bridgehead atoms. The Balaban J connectivity index is 1.56. The number of nitrogens with one attached hydrogen (secondary N) is 1. The van der Waals surface area contributed by atoms with Gasteiger partial charge in [0.2, 0.25) is 5.91 Å². The van der Waals surface area contributed by atoms with Gasteiger partial charge in [0.05, 0.1) is 26.3 Å². The maximum Gasteiger partial charge on any atom is 0.322 e. The molecule has 1 atom stereocenters. The zero-order valence-electron chi connectivity index (χ0n) is 19.6. The fourth-order valence-corrected chi connectivity index (χ4v) is 4.02. The fourth-order valence-electron chi connectivity index (χ4n) is 4.02. The highest BCUT2D eigenvalue weighted by Gasteiger charge is 2.44. The van der Waals surface area contributed by atoms with Crippen LogP contribution in [0, 0.1) is 0 Å². The van der Waals surface area contributed by atoms with Crippen molar-refractivity contribution in [3.63, 3.8) is 0 Å². The van der Waals surface area contributed by atoms with E-state index in [2.05, 4.69) is 5.32 Å². The van der Waals surface area contributed by atoms with E-state index in [4.69, 9.17) is 9.47 Å². The molecule has 8 nitrogen and oxygen atoms in total. The number of ether oxygens (including phenoxy) is 2. The molecule has 0 aliphatic carbocycles. The molecule has 8 heteroatoms. The molecule has 1 fully saturated rings. The van der Waals surface area contributed by atoms with Crippen LogP contribution < -0.4 is 19.7 Å². The number of carbonyl (C=O) groups is 3. The van der Waals surface area contributed by atoms with E-state index in [-0.39, 0.29) is 18.9 Å². The molecule has 0 saturated carbocycles. The summed E-state index contributed by atoms with van der Waals surface area (Å²) < 4.78 is 10.3. The van der Waals surface area contributed by atoms with Crippen molar-refractivity contribution in [2.45, 2.75) is 18.9 Å². The van der Waals surface area contributed by atoms with Crippen molar-refractivity contribution in [2.75, 3.05) is 31.0 Å². The van der Waals surface area contributed by atoms with Crippen LogP contribution in [0.3, 0.4) is 0 Å². The van der Waals surface area contributed by atoms with Crippen molar-refractivity contribution in [2.24, 2.45) is 0 Å². The number of imide groups is 1. The summed E-state index contributed by atoms with van der Waals surface area (Å²) in [6.45, 7) is 0.270. The second-order valence-electron chi connectivity index (χ2n) is 8.07. The van der Waals surface area contributed by atoms with Crippen LogP contribution in [0.15, 0.2) is 78.9 Å². The van der Waals surface area contributed by atoms with Gasteiger partial charge in [-0.25, -0.2) is 9.69 Å². The Morgan fingerprint density at radius 2 is 1.51 bits per heavy atom. The van der Waals surface area contributed by atoms with Crippen molar-refractivity contribution in [1.29, 1.82) is 0 Å². The van der Waals surface area contributed by atoms with Crippen molar-refractivity contribution >= 4 is 29.2 Å². The van der Waals surface area contributed by atoms with Gasteiger partial charge in [0.1, 0.15) is 17.5 Å². The van der Waals surface area contributed by atoms with Gasteiger partial charge in [-0.05, 0) is 60.5 Å². The minimum atomic E-state index is -0.911. The normalized spacial score (nSPS) is 15.1. The molecule has 0 radical (unpaired) electrons. The van der Waals surface area contributed by atoms with Gasteiger partial charge in [0.25, 0.3) is 5.91 Å². The molecule has 3 aromatic rings. The molecule has 1 aliphatic rings. The predicted molar refractivity (Wildman–Crippen MR) is 133 cm³/mol. The van der Waals surface area contributed by atoms with Gasteiger partial charge < -0.3 is 19.7 Å². The highest BCUT2D eigenvalue weighted by molar-refractivity contribution is 6.23. The highest BCUT2D eigenvalue weighted by Crippen LogP contribution is 2.28. The molecule has 4 amide bonds. The number of urea groups is 1. The molecule has 1 N–H and O–H groups in total. The highest BCUT2D eigenvalue weighted by atomic mass is 16.5. The second-order valence-corrected chi connectivity index (χ2v) is 8.07. The molecule has 1 heterocycles. The lowest BCUT2D eigenvalue weighted by atomic mass is 10.1. The lowest BCUT2D eigenvalue weighted by molar-refractivity contribution is -0.122. The lowest BCUT2D eigenvalue weighted by Gasteiger charge is -2.28. The van der Waals surface area contributed by atoms with Gasteiger partial charge in [-0.15, -0.1) is 0 Å². The van der Waals surface area contributed by atoms with Gasteiger partial charge in [-0.3, -0.25) is 9.59 Å². The molecular weight excluding hydrogens is 446 g/mol. The Morgan fingerprint density at radius 1 is 0.914 bits per heavy atom. The molecule has 4 rings (SSSR count). The molecule has 0 unspecified atom stereocenters. The number of hydrogen-bond acceptors (Lipinski definition) is 5. The minimum Gasteiger partial charge on any atom is -0.497 e. The maximum absolute atomic E-state index is 13.4. The average molecular weight is 474 g/mol. The van der Waals surface area contributed by atoms with E-state index in [9.17, 15) is 14.4 Å². The number of nitrogens with zero attached hydrogens (tertiary/aromatic N) is 2. The number of methoxy groups -OCH3 is 2. The quantitative estimate of drug-likeness (QED) is 0.498. The van der Waals surface area contributed by atoms with Crippen molar-refractivity contribution in [3.8, 4) is 11.5 Å². The zero-order chi connectivity index (χ0) is 24.8. The van der Waals surface area contributed by atoms with E-state index in [0.29, 0.717) is 29.3 Å². The molecular formula is C27H27N3O5. The van der Waals surface area contributed by atoms with Gasteiger partial charge in [0.15, 0.2) is 0 Å². The average Bonchev–Trinajstić information content (AvgIpc) is 3.18.